The predicted octanol–water partition coefficient (Wildman–Crippen LogP) is 0.963. The van der Waals surface area contributed by atoms with Gasteiger partial charge in [0.15, 0.2) is 5.96 Å². The van der Waals surface area contributed by atoms with Crippen LogP contribution in [0.5, 0.6) is 0 Å². The number of hydrogen-bond donors (Lipinski definition) is 1. The highest BCUT2D eigenvalue weighted by Crippen LogP contribution is 2.12. The number of benzene rings is 1. The van der Waals surface area contributed by atoms with Gasteiger partial charge in [0, 0.05) is 45.1 Å². The molecule has 8 heteroatoms. The normalized spacial score (nSPS) is 15.6. The molecule has 0 spiro atoms. The van der Waals surface area contributed by atoms with Gasteiger partial charge in [-0.1, -0.05) is 12.1 Å². The van der Waals surface area contributed by atoms with Crippen molar-refractivity contribution in [1.82, 2.24) is 24.4 Å². The number of fused-ring (bicyclic) bond motifs is 1. The van der Waals surface area contributed by atoms with Crippen molar-refractivity contribution >= 4 is 22.9 Å². The standard InChI is InChI=1S/C18H22N8/c19-17(20-8-9-26-14-23-15-4-1-2-5-16(15)26)24-10-12-25(13-11-24)18-21-6-3-7-22-18/h1-7,14H,8-13H2,(H2,19,20). The molecule has 26 heavy (non-hydrogen) atoms. The number of guanidine groups is 1. The summed E-state index contributed by atoms with van der Waals surface area (Å²) in [7, 11) is 0. The number of piperazine rings is 1. The molecule has 1 aliphatic heterocycles. The maximum absolute atomic E-state index is 6.19. The van der Waals surface area contributed by atoms with Crippen molar-refractivity contribution in [2.45, 2.75) is 6.54 Å². The lowest BCUT2D eigenvalue weighted by Gasteiger charge is -2.35. The van der Waals surface area contributed by atoms with Gasteiger partial charge in [0.2, 0.25) is 5.95 Å². The number of nitrogens with zero attached hydrogens (tertiary/aromatic N) is 7. The third kappa shape index (κ3) is 3.44. The molecule has 1 saturated heterocycles. The number of rotatable bonds is 4. The quantitative estimate of drug-likeness (QED) is 0.557. The molecule has 0 atom stereocenters. The monoisotopic (exact) mass is 350 g/mol. The van der Waals surface area contributed by atoms with Crippen molar-refractivity contribution in [3.8, 4) is 0 Å². The molecule has 1 aliphatic rings. The maximum atomic E-state index is 6.19. The molecule has 8 nitrogen and oxygen atoms in total. The molecule has 0 aliphatic carbocycles. The molecule has 2 aromatic heterocycles. The molecular weight excluding hydrogens is 328 g/mol. The van der Waals surface area contributed by atoms with Crippen LogP contribution in [0.4, 0.5) is 5.95 Å². The minimum Gasteiger partial charge on any atom is -0.370 e. The number of aliphatic imine (C=N–C) groups is 1. The van der Waals surface area contributed by atoms with Crippen molar-refractivity contribution in [1.29, 1.82) is 0 Å². The fourth-order valence-electron chi connectivity index (χ4n) is 3.15. The van der Waals surface area contributed by atoms with Crippen LogP contribution in [-0.2, 0) is 6.54 Å². The van der Waals surface area contributed by atoms with E-state index in [-0.39, 0.29) is 0 Å². The van der Waals surface area contributed by atoms with E-state index in [0.29, 0.717) is 12.5 Å². The van der Waals surface area contributed by atoms with Gasteiger partial charge in [0.05, 0.1) is 23.9 Å². The highest BCUT2D eigenvalue weighted by molar-refractivity contribution is 5.78. The Kier molecular flexibility index (Phi) is 4.63. The van der Waals surface area contributed by atoms with Gasteiger partial charge in [-0.05, 0) is 18.2 Å². The second-order valence-electron chi connectivity index (χ2n) is 6.19. The zero-order chi connectivity index (χ0) is 17.8. The first-order valence-corrected chi connectivity index (χ1v) is 8.78. The average molecular weight is 350 g/mol. The van der Waals surface area contributed by atoms with E-state index in [2.05, 4.69) is 40.4 Å². The number of nitrogens with two attached hydrogens (primary N) is 1. The summed E-state index contributed by atoms with van der Waals surface area (Å²) < 4.78 is 2.11. The Bertz CT molecular complexity index is 880. The molecule has 1 aromatic carbocycles. The van der Waals surface area contributed by atoms with Crippen LogP contribution in [-0.4, -0.2) is 63.1 Å². The van der Waals surface area contributed by atoms with E-state index in [1.54, 1.807) is 12.4 Å². The number of para-hydroxylation sites is 2. The summed E-state index contributed by atoms with van der Waals surface area (Å²) in [5, 5.41) is 0. The highest BCUT2D eigenvalue weighted by Gasteiger charge is 2.19. The molecule has 0 amide bonds. The fourth-order valence-corrected chi connectivity index (χ4v) is 3.15. The zero-order valence-corrected chi connectivity index (χ0v) is 14.6. The molecule has 0 unspecified atom stereocenters. The molecule has 0 saturated carbocycles. The van der Waals surface area contributed by atoms with E-state index in [4.69, 9.17) is 5.73 Å². The summed E-state index contributed by atoms with van der Waals surface area (Å²) in [6.45, 7) is 4.72. The lowest BCUT2D eigenvalue weighted by Crippen LogP contribution is -2.51. The van der Waals surface area contributed by atoms with Gasteiger partial charge in [0.1, 0.15) is 0 Å². The smallest absolute Gasteiger partial charge is 0.225 e. The largest absolute Gasteiger partial charge is 0.370 e. The van der Waals surface area contributed by atoms with Gasteiger partial charge in [-0.15, -0.1) is 0 Å². The average Bonchev–Trinajstić information content (AvgIpc) is 3.12. The molecule has 0 bridgehead atoms. The number of anilines is 1. The van der Waals surface area contributed by atoms with Crippen LogP contribution >= 0.6 is 0 Å². The predicted molar refractivity (Wildman–Crippen MR) is 102 cm³/mol. The highest BCUT2D eigenvalue weighted by atomic mass is 15.4. The van der Waals surface area contributed by atoms with Gasteiger partial charge < -0.3 is 20.1 Å². The van der Waals surface area contributed by atoms with E-state index in [1.165, 1.54) is 0 Å². The SMILES string of the molecule is NC(=NCCn1cnc2ccccc21)N1CCN(c2ncccn2)CC1. The molecular formula is C18H22N8. The topological polar surface area (TPSA) is 88.5 Å². The minimum atomic E-state index is 0.600. The Labute approximate surface area is 152 Å². The fraction of sp³-hybridized carbons (Fsp3) is 0.333. The third-order valence-electron chi connectivity index (χ3n) is 4.58. The number of aromatic nitrogens is 4. The Morgan fingerprint density at radius 1 is 1.00 bits per heavy atom. The summed E-state index contributed by atoms with van der Waals surface area (Å²) in [6, 6.07) is 9.93. The first-order valence-electron chi connectivity index (χ1n) is 8.78. The summed E-state index contributed by atoms with van der Waals surface area (Å²) in [4.78, 5) is 21.8. The first kappa shape index (κ1) is 16.3. The second kappa shape index (κ2) is 7.38. The Morgan fingerprint density at radius 2 is 1.77 bits per heavy atom. The summed E-state index contributed by atoms with van der Waals surface area (Å²) in [6.07, 6.45) is 5.39. The van der Waals surface area contributed by atoms with Crippen molar-refractivity contribution in [3.05, 3.63) is 49.1 Å². The zero-order valence-electron chi connectivity index (χ0n) is 14.6. The minimum absolute atomic E-state index is 0.600. The van der Waals surface area contributed by atoms with Gasteiger partial charge in [-0.25, -0.2) is 15.0 Å². The Morgan fingerprint density at radius 3 is 2.58 bits per heavy atom. The van der Waals surface area contributed by atoms with Crippen molar-refractivity contribution in [2.24, 2.45) is 10.7 Å². The molecule has 3 aromatic rings. The van der Waals surface area contributed by atoms with E-state index in [9.17, 15) is 0 Å². The third-order valence-corrected chi connectivity index (χ3v) is 4.58. The molecule has 0 radical (unpaired) electrons. The first-order chi connectivity index (χ1) is 12.8. The van der Waals surface area contributed by atoms with Gasteiger partial charge in [-0.3, -0.25) is 4.99 Å². The summed E-state index contributed by atoms with van der Waals surface area (Å²) in [5.74, 6) is 1.37. The Hall–Kier alpha value is -3.16. The second-order valence-corrected chi connectivity index (χ2v) is 6.19. The van der Waals surface area contributed by atoms with Crippen LogP contribution in [0.1, 0.15) is 0 Å². The number of imidazole rings is 1. The van der Waals surface area contributed by atoms with Crippen molar-refractivity contribution in [3.63, 3.8) is 0 Å². The summed E-state index contributed by atoms with van der Waals surface area (Å²) in [5.41, 5.74) is 8.31. The van der Waals surface area contributed by atoms with Crippen molar-refractivity contribution in [2.75, 3.05) is 37.6 Å². The lowest BCUT2D eigenvalue weighted by molar-refractivity contribution is 0.378. The Balaban J connectivity index is 1.31. The van der Waals surface area contributed by atoms with Crippen LogP contribution < -0.4 is 10.6 Å². The van der Waals surface area contributed by atoms with Crippen LogP contribution in [0.3, 0.4) is 0 Å². The van der Waals surface area contributed by atoms with E-state index >= 15 is 0 Å². The maximum Gasteiger partial charge on any atom is 0.225 e. The van der Waals surface area contributed by atoms with Crippen LogP contribution in [0.25, 0.3) is 11.0 Å². The van der Waals surface area contributed by atoms with Gasteiger partial charge in [0.25, 0.3) is 0 Å². The van der Waals surface area contributed by atoms with Crippen molar-refractivity contribution < 1.29 is 0 Å². The van der Waals surface area contributed by atoms with Gasteiger partial charge >= 0.3 is 0 Å². The van der Waals surface area contributed by atoms with Crippen LogP contribution in [0, 0.1) is 0 Å². The van der Waals surface area contributed by atoms with E-state index in [1.807, 2.05) is 30.6 Å². The van der Waals surface area contributed by atoms with Gasteiger partial charge in [-0.2, -0.15) is 0 Å². The van der Waals surface area contributed by atoms with Crippen LogP contribution in [0.2, 0.25) is 0 Å². The lowest BCUT2D eigenvalue weighted by atomic mass is 10.3. The molecule has 1 fully saturated rings. The summed E-state index contributed by atoms with van der Waals surface area (Å²) >= 11 is 0. The molecule has 3 heterocycles. The molecule has 134 valence electrons. The molecule has 2 N–H and O–H groups in total. The van der Waals surface area contributed by atoms with E-state index in [0.717, 1.165) is 49.7 Å². The number of hydrogen-bond acceptors (Lipinski definition) is 5. The van der Waals surface area contributed by atoms with E-state index < -0.39 is 0 Å². The molecule has 4 rings (SSSR count). The van der Waals surface area contributed by atoms with Crippen LogP contribution in [0.15, 0.2) is 54.0 Å².